The summed E-state index contributed by atoms with van der Waals surface area (Å²) in [6.45, 7) is 3.76. The number of nitrogens with zero attached hydrogens (tertiary/aromatic N) is 1. The van der Waals surface area contributed by atoms with Crippen LogP contribution in [-0.2, 0) is 21.3 Å². The van der Waals surface area contributed by atoms with Crippen molar-refractivity contribution in [3.63, 3.8) is 0 Å². The van der Waals surface area contributed by atoms with Gasteiger partial charge in [-0.1, -0.05) is 18.2 Å². The molecule has 2 aromatic carbocycles. The van der Waals surface area contributed by atoms with Crippen molar-refractivity contribution >= 4 is 11.7 Å². The first-order chi connectivity index (χ1) is 19.6. The third kappa shape index (κ3) is 6.68. The second kappa shape index (κ2) is 12.0. The number of ketones is 1. The Morgan fingerprint density at radius 2 is 1.83 bits per heavy atom. The lowest BCUT2D eigenvalue weighted by Crippen LogP contribution is -2.45. The van der Waals surface area contributed by atoms with E-state index in [1.165, 1.54) is 12.1 Å². The number of benzene rings is 2. The topological polar surface area (TPSA) is 97.3 Å². The fraction of sp³-hybridized carbons (Fsp3) is 0.533. The molecule has 5 rings (SSSR count). The quantitative estimate of drug-likeness (QED) is 0.427. The van der Waals surface area contributed by atoms with E-state index in [0.29, 0.717) is 44.0 Å². The van der Waals surface area contributed by atoms with Gasteiger partial charge < -0.3 is 24.6 Å². The van der Waals surface area contributed by atoms with Gasteiger partial charge in [-0.05, 0) is 62.4 Å². The highest BCUT2D eigenvalue weighted by Gasteiger charge is 2.42. The molecule has 1 saturated heterocycles. The van der Waals surface area contributed by atoms with Crippen molar-refractivity contribution in [1.82, 2.24) is 10.2 Å². The Kier molecular flexibility index (Phi) is 8.58. The van der Waals surface area contributed by atoms with Crippen LogP contribution in [0.1, 0.15) is 66.9 Å². The molecule has 2 aliphatic heterocycles. The van der Waals surface area contributed by atoms with Gasteiger partial charge in [-0.25, -0.2) is 0 Å². The molecule has 11 heteroatoms. The van der Waals surface area contributed by atoms with Crippen LogP contribution < -0.4 is 14.8 Å². The minimum Gasteiger partial charge on any atom is -0.454 e. The van der Waals surface area contributed by atoms with Gasteiger partial charge in [-0.2, -0.15) is 13.2 Å². The Bertz CT molecular complexity index is 1260. The Morgan fingerprint density at radius 1 is 1.07 bits per heavy atom. The molecule has 2 atom stereocenters. The molecule has 0 unspecified atom stereocenters. The van der Waals surface area contributed by atoms with Crippen molar-refractivity contribution < 1.29 is 42.1 Å². The number of likely N-dealkylation sites (tertiary alicyclic amines) is 1. The van der Waals surface area contributed by atoms with E-state index in [2.05, 4.69) is 10.2 Å². The number of carbonyl (C=O) groups is 2. The Labute approximate surface area is 236 Å². The molecular formula is C30H35F3N2O6. The molecule has 1 aliphatic carbocycles. The molecule has 2 heterocycles. The number of Topliss-reactive ketones (excluding diaryl/α,β-unsaturated/α-hetero) is 1. The number of hydrogen-bond donors (Lipinski definition) is 2. The van der Waals surface area contributed by atoms with Crippen molar-refractivity contribution in [3.8, 4) is 11.5 Å². The molecule has 8 nitrogen and oxygen atoms in total. The molecule has 2 aromatic rings. The van der Waals surface area contributed by atoms with E-state index in [4.69, 9.17) is 14.2 Å². The van der Waals surface area contributed by atoms with Gasteiger partial charge in [0.25, 0.3) is 0 Å². The number of halogens is 3. The van der Waals surface area contributed by atoms with Crippen molar-refractivity contribution in [3.05, 3.63) is 59.2 Å². The molecule has 1 amide bonds. The van der Waals surface area contributed by atoms with E-state index < -0.39 is 23.1 Å². The minimum absolute atomic E-state index is 0.0649. The van der Waals surface area contributed by atoms with Gasteiger partial charge in [0.2, 0.25) is 12.7 Å². The number of ether oxygens (including phenoxy) is 3. The van der Waals surface area contributed by atoms with Crippen LogP contribution >= 0.6 is 0 Å². The molecular weight excluding hydrogens is 541 g/mol. The third-order valence-corrected chi connectivity index (χ3v) is 8.32. The summed E-state index contributed by atoms with van der Waals surface area (Å²) >= 11 is 0. The number of carbonyl (C=O) groups excluding carboxylic acids is 2. The van der Waals surface area contributed by atoms with E-state index >= 15 is 0 Å². The van der Waals surface area contributed by atoms with Gasteiger partial charge in [0, 0.05) is 44.1 Å². The van der Waals surface area contributed by atoms with E-state index in [1.54, 1.807) is 0 Å². The standard InChI is InChI=1S/C30H35F3N2O6/c1-2-39-27-17-35(22-10-12-29(38,13-11-22)20-6-8-25-26(15-20)41-18-40-25)16-23(27)34-28(37)9-7-24(36)19-4-3-5-21(14-19)30(31,32)33/h3-6,8,14-15,22-23,27,38H,2,7,9-13,16-18H2,1H3,(H,34,37)/t22?,23-,27+,29?/m0/s1. The third-order valence-electron chi connectivity index (χ3n) is 8.32. The normalized spacial score (nSPS) is 26.2. The zero-order valence-corrected chi connectivity index (χ0v) is 22.9. The van der Waals surface area contributed by atoms with E-state index in [1.807, 2.05) is 25.1 Å². The highest BCUT2D eigenvalue weighted by atomic mass is 19.4. The number of nitrogens with one attached hydrogen (secondary N) is 1. The summed E-state index contributed by atoms with van der Waals surface area (Å²) in [6.07, 6.45) is -2.37. The van der Waals surface area contributed by atoms with Crippen LogP contribution in [-0.4, -0.2) is 66.4 Å². The fourth-order valence-electron chi connectivity index (χ4n) is 6.06. The van der Waals surface area contributed by atoms with E-state index in [-0.39, 0.29) is 49.3 Å². The maximum absolute atomic E-state index is 13.0. The van der Waals surface area contributed by atoms with E-state index in [9.17, 15) is 27.9 Å². The van der Waals surface area contributed by atoms with Crippen molar-refractivity contribution in [1.29, 1.82) is 0 Å². The van der Waals surface area contributed by atoms with Crippen LogP contribution in [0.3, 0.4) is 0 Å². The fourth-order valence-corrected chi connectivity index (χ4v) is 6.06. The number of alkyl halides is 3. The summed E-state index contributed by atoms with van der Waals surface area (Å²) in [5.74, 6) is 0.464. The van der Waals surface area contributed by atoms with Crippen molar-refractivity contribution in [2.45, 2.75) is 75.4 Å². The summed E-state index contributed by atoms with van der Waals surface area (Å²) in [5.41, 5.74) is -1.09. The Hall–Kier alpha value is -3.15. The number of aliphatic hydroxyl groups is 1. The average Bonchev–Trinajstić information content (AvgIpc) is 3.58. The molecule has 0 spiro atoms. The van der Waals surface area contributed by atoms with Crippen LogP contribution in [0.15, 0.2) is 42.5 Å². The Morgan fingerprint density at radius 3 is 2.56 bits per heavy atom. The molecule has 0 aromatic heterocycles. The average molecular weight is 577 g/mol. The molecule has 2 fully saturated rings. The van der Waals surface area contributed by atoms with Gasteiger partial charge >= 0.3 is 6.18 Å². The SMILES string of the molecule is CCO[C@@H]1CN(C2CCC(O)(c3ccc4c(c3)OCO4)CC2)C[C@@H]1NC(=O)CCC(=O)c1cccc(C(F)(F)F)c1. The second-order valence-electron chi connectivity index (χ2n) is 11.0. The number of fused-ring (bicyclic) bond motifs is 1. The molecule has 41 heavy (non-hydrogen) atoms. The largest absolute Gasteiger partial charge is 0.454 e. The lowest BCUT2D eigenvalue weighted by atomic mass is 9.77. The summed E-state index contributed by atoms with van der Waals surface area (Å²) in [5, 5.41) is 14.4. The summed E-state index contributed by atoms with van der Waals surface area (Å²) in [4.78, 5) is 27.5. The van der Waals surface area contributed by atoms with Crippen molar-refractivity contribution in [2.75, 3.05) is 26.5 Å². The van der Waals surface area contributed by atoms with Gasteiger partial charge in [0.05, 0.1) is 23.3 Å². The number of amides is 1. The van der Waals surface area contributed by atoms with Crippen LogP contribution in [0, 0.1) is 0 Å². The molecule has 1 saturated carbocycles. The predicted octanol–water partition coefficient (Wildman–Crippen LogP) is 4.43. The summed E-state index contributed by atoms with van der Waals surface area (Å²) in [7, 11) is 0. The molecule has 0 radical (unpaired) electrons. The van der Waals surface area contributed by atoms with Gasteiger partial charge in [-0.3, -0.25) is 14.5 Å². The highest BCUT2D eigenvalue weighted by molar-refractivity contribution is 5.98. The van der Waals surface area contributed by atoms with Crippen LogP contribution in [0.2, 0.25) is 0 Å². The summed E-state index contributed by atoms with van der Waals surface area (Å²) < 4.78 is 55.7. The maximum Gasteiger partial charge on any atom is 0.416 e. The van der Waals surface area contributed by atoms with Crippen LogP contribution in [0.25, 0.3) is 0 Å². The van der Waals surface area contributed by atoms with Crippen molar-refractivity contribution in [2.24, 2.45) is 0 Å². The lowest BCUT2D eigenvalue weighted by Gasteiger charge is -2.40. The zero-order chi connectivity index (χ0) is 29.2. The Balaban J connectivity index is 1.14. The highest BCUT2D eigenvalue weighted by Crippen LogP contribution is 2.43. The molecule has 3 aliphatic rings. The number of rotatable bonds is 9. The van der Waals surface area contributed by atoms with Crippen LogP contribution in [0.4, 0.5) is 13.2 Å². The minimum atomic E-state index is -4.54. The lowest BCUT2D eigenvalue weighted by molar-refractivity contribution is -0.137. The molecule has 0 bridgehead atoms. The maximum atomic E-state index is 13.0. The first-order valence-electron chi connectivity index (χ1n) is 14.0. The van der Waals surface area contributed by atoms with E-state index in [0.717, 1.165) is 30.5 Å². The van der Waals surface area contributed by atoms with Gasteiger partial charge in [0.1, 0.15) is 0 Å². The zero-order valence-electron chi connectivity index (χ0n) is 22.9. The smallest absolute Gasteiger partial charge is 0.416 e. The predicted molar refractivity (Wildman–Crippen MR) is 143 cm³/mol. The van der Waals surface area contributed by atoms with Crippen LogP contribution in [0.5, 0.6) is 11.5 Å². The monoisotopic (exact) mass is 576 g/mol. The molecule has 2 N–H and O–H groups in total. The molecule has 222 valence electrons. The first kappa shape index (κ1) is 29.3. The van der Waals surface area contributed by atoms with Gasteiger partial charge in [-0.15, -0.1) is 0 Å². The second-order valence-corrected chi connectivity index (χ2v) is 11.0. The summed E-state index contributed by atoms with van der Waals surface area (Å²) in [6, 6.07) is 9.76. The first-order valence-corrected chi connectivity index (χ1v) is 14.0. The van der Waals surface area contributed by atoms with Gasteiger partial charge in [0.15, 0.2) is 17.3 Å². The number of hydrogen-bond acceptors (Lipinski definition) is 7.